The molecule has 10 aromatic carbocycles. The van der Waals surface area contributed by atoms with E-state index in [1.807, 2.05) is 18.2 Å². The molecule has 0 spiro atoms. The molecule has 0 saturated heterocycles. The molecule has 7 nitrogen and oxygen atoms in total. The fourth-order valence-electron chi connectivity index (χ4n) is 12.2. The van der Waals surface area contributed by atoms with E-state index in [0.717, 1.165) is 77.4 Å². The summed E-state index contributed by atoms with van der Waals surface area (Å²) in [4.78, 5) is 16.4. The van der Waals surface area contributed by atoms with E-state index < -0.39 is 0 Å². The van der Waals surface area contributed by atoms with Crippen molar-refractivity contribution in [2.45, 2.75) is 79.1 Å². The first-order valence-electron chi connectivity index (χ1n) is 28.7. The molecule has 408 valence electrons. The maximum Gasteiger partial charge on any atom is 2.00 e. The summed E-state index contributed by atoms with van der Waals surface area (Å²) in [5.74, 6) is 3.21. The Morgan fingerprint density at radius 2 is 0.928 bits per heavy atom. The van der Waals surface area contributed by atoms with Crippen LogP contribution in [-0.2, 0) is 21.1 Å². The van der Waals surface area contributed by atoms with Crippen molar-refractivity contribution in [1.29, 1.82) is 0 Å². The fraction of sp³-hybridized carbons (Fsp3) is 0.160. The Morgan fingerprint density at radius 1 is 0.410 bits per heavy atom. The second kappa shape index (κ2) is 21.4. The maximum atomic E-state index is 7.14. The number of rotatable bonds is 12. The second-order valence-corrected chi connectivity index (χ2v) is 22.9. The quantitative estimate of drug-likeness (QED) is 0.0900. The Balaban J connectivity index is 0.00000645. The number of para-hydroxylation sites is 4. The minimum Gasteiger partial charge on any atom is -0.499 e. The molecule has 4 heterocycles. The number of aromatic nitrogens is 5. The van der Waals surface area contributed by atoms with Gasteiger partial charge in [-0.25, -0.2) is 4.98 Å². The van der Waals surface area contributed by atoms with Crippen molar-refractivity contribution < 1.29 is 30.2 Å². The predicted molar refractivity (Wildman–Crippen MR) is 338 cm³/mol. The molecule has 0 aliphatic heterocycles. The number of ether oxygens (including phenoxy) is 1. The number of benzene rings is 10. The van der Waals surface area contributed by atoms with Gasteiger partial charge in [-0.2, -0.15) is 0 Å². The van der Waals surface area contributed by atoms with E-state index in [1.54, 1.807) is 0 Å². The van der Waals surface area contributed by atoms with Gasteiger partial charge in [-0.05, 0) is 145 Å². The molecule has 0 aliphatic carbocycles. The topological polar surface area (TPSA) is 70.9 Å². The van der Waals surface area contributed by atoms with E-state index in [9.17, 15) is 0 Å². The van der Waals surface area contributed by atoms with Gasteiger partial charge in [0, 0.05) is 28.3 Å². The van der Waals surface area contributed by atoms with E-state index in [-0.39, 0.29) is 44.7 Å². The molecule has 0 fully saturated rings. The average molecular weight is 1260 g/mol. The Bertz CT molecular complexity index is 4740. The molecule has 4 aromatic heterocycles. The first-order valence-corrected chi connectivity index (χ1v) is 28.7. The molecule has 0 bridgehead atoms. The SMILES string of the molecule is CC(C)c1cc(-c2ccccc2)cc(C(C)C)c1-n1c(-c2[c-]c(Oc3[c-]c(-c4nc5ccccc5n4-c4c(C(C)C)cc(-c5ccccc5)cc4C(C)C)c4oc5cc6c(ccc7ccccc76)nc5c4c3)ccc2)nc2ccccc21.[Pt+2]. The van der Waals surface area contributed by atoms with Crippen LogP contribution in [0, 0.1) is 12.1 Å². The molecular weight excluding hydrogens is 1200 g/mol. The van der Waals surface area contributed by atoms with Gasteiger partial charge in [0.2, 0.25) is 0 Å². The molecule has 8 heteroatoms. The van der Waals surface area contributed by atoms with Gasteiger partial charge in [-0.3, -0.25) is 9.97 Å². The smallest absolute Gasteiger partial charge is 0.499 e. The monoisotopic (exact) mass is 1260 g/mol. The van der Waals surface area contributed by atoms with Gasteiger partial charge in [0.15, 0.2) is 0 Å². The summed E-state index contributed by atoms with van der Waals surface area (Å²) in [7, 11) is 0. The summed E-state index contributed by atoms with van der Waals surface area (Å²) in [6.45, 7) is 18.3. The Hall–Kier alpha value is -8.90. The zero-order valence-electron chi connectivity index (χ0n) is 47.7. The molecule has 0 saturated carbocycles. The van der Waals surface area contributed by atoms with E-state index in [1.165, 1.54) is 44.5 Å². The van der Waals surface area contributed by atoms with Crippen LogP contribution >= 0.6 is 0 Å². The van der Waals surface area contributed by atoms with Crippen LogP contribution < -0.4 is 4.74 Å². The first kappa shape index (κ1) is 53.4. The van der Waals surface area contributed by atoms with Crippen molar-refractivity contribution >= 4 is 65.8 Å². The number of furan rings is 1. The van der Waals surface area contributed by atoms with Crippen LogP contribution in [0.1, 0.15) is 101 Å². The molecular formula is C75H61N5O2Pt. The average Bonchev–Trinajstić information content (AvgIpc) is 3.21. The predicted octanol–water partition coefficient (Wildman–Crippen LogP) is 20.5. The van der Waals surface area contributed by atoms with Crippen LogP contribution in [0.25, 0.3) is 122 Å². The Kier molecular flexibility index (Phi) is 13.8. The van der Waals surface area contributed by atoms with Gasteiger partial charge in [0.1, 0.15) is 5.58 Å². The summed E-state index contributed by atoms with van der Waals surface area (Å²) in [5, 5.41) is 4.06. The molecule has 0 atom stereocenters. The molecule has 83 heavy (non-hydrogen) atoms. The van der Waals surface area contributed by atoms with Gasteiger partial charge < -0.3 is 18.3 Å². The van der Waals surface area contributed by atoms with Gasteiger partial charge in [0.25, 0.3) is 0 Å². The number of hydrogen-bond acceptors (Lipinski definition) is 5. The zero-order chi connectivity index (χ0) is 55.9. The fourth-order valence-corrected chi connectivity index (χ4v) is 12.2. The van der Waals surface area contributed by atoms with E-state index in [4.69, 9.17) is 24.1 Å². The molecule has 0 radical (unpaired) electrons. The maximum absolute atomic E-state index is 7.14. The van der Waals surface area contributed by atoms with Crippen molar-refractivity contribution in [3.8, 4) is 67.9 Å². The van der Waals surface area contributed by atoms with Crippen molar-refractivity contribution in [1.82, 2.24) is 24.1 Å². The van der Waals surface area contributed by atoms with Gasteiger partial charge in [-0.1, -0.05) is 194 Å². The van der Waals surface area contributed by atoms with Crippen LogP contribution in [0.5, 0.6) is 11.5 Å². The summed E-state index contributed by atoms with van der Waals surface area (Å²) >= 11 is 0. The third-order valence-corrected chi connectivity index (χ3v) is 16.2. The number of pyridine rings is 1. The van der Waals surface area contributed by atoms with E-state index in [2.05, 4.69) is 259 Å². The molecule has 0 unspecified atom stereocenters. The minimum atomic E-state index is 0. The number of hydrogen-bond donors (Lipinski definition) is 0. The van der Waals surface area contributed by atoms with E-state index >= 15 is 0 Å². The van der Waals surface area contributed by atoms with Crippen LogP contribution in [0.15, 0.2) is 205 Å². The minimum absolute atomic E-state index is 0. The van der Waals surface area contributed by atoms with Crippen LogP contribution in [0.4, 0.5) is 0 Å². The van der Waals surface area contributed by atoms with Crippen molar-refractivity contribution in [3.05, 3.63) is 235 Å². The van der Waals surface area contributed by atoms with Gasteiger partial charge in [0.05, 0.1) is 50.3 Å². The molecule has 0 aliphatic rings. The third kappa shape index (κ3) is 9.32. The summed E-state index contributed by atoms with van der Waals surface area (Å²) in [6, 6.07) is 78.1. The number of nitrogens with zero attached hydrogens (tertiary/aromatic N) is 5. The van der Waals surface area contributed by atoms with Crippen LogP contribution in [0.2, 0.25) is 0 Å². The second-order valence-electron chi connectivity index (χ2n) is 22.9. The van der Waals surface area contributed by atoms with Crippen LogP contribution in [0.3, 0.4) is 0 Å². The van der Waals surface area contributed by atoms with Crippen molar-refractivity contribution in [2.75, 3.05) is 0 Å². The van der Waals surface area contributed by atoms with Crippen molar-refractivity contribution in [2.24, 2.45) is 0 Å². The number of imidazole rings is 2. The third-order valence-electron chi connectivity index (χ3n) is 16.2. The normalized spacial score (nSPS) is 12.0. The summed E-state index contributed by atoms with van der Waals surface area (Å²) < 4.78 is 19.0. The van der Waals surface area contributed by atoms with E-state index in [0.29, 0.717) is 34.1 Å². The molecule has 14 rings (SSSR count). The molecule has 0 amide bonds. The summed E-state index contributed by atoms with van der Waals surface area (Å²) in [5.41, 5.74) is 20.0. The zero-order valence-corrected chi connectivity index (χ0v) is 50.0. The largest absolute Gasteiger partial charge is 2.00 e. The molecule has 0 N–H and O–H groups in total. The Labute approximate surface area is 498 Å². The number of fused-ring (bicyclic) bond motifs is 8. The van der Waals surface area contributed by atoms with Gasteiger partial charge >= 0.3 is 21.1 Å². The van der Waals surface area contributed by atoms with Gasteiger partial charge in [-0.15, -0.1) is 23.8 Å². The summed E-state index contributed by atoms with van der Waals surface area (Å²) in [6.07, 6.45) is 0. The first-order chi connectivity index (χ1) is 39.9. The van der Waals surface area contributed by atoms with Crippen LogP contribution in [-0.4, -0.2) is 24.1 Å². The Morgan fingerprint density at radius 3 is 1.51 bits per heavy atom. The van der Waals surface area contributed by atoms with Crippen molar-refractivity contribution in [3.63, 3.8) is 0 Å². The standard InChI is InChI=1S/C75H61N5O2.Pt/c1-44(2)57-37-52(48-22-11-9-12-23-48)38-58(45(3)4)71(57)79-67-32-19-17-30-65(67)77-74(79)51-27-21-28-54(36-51)81-55-41-62-70-69(43-61-56-29-16-15-26-50(56)34-35-64(61)76-70)82-73(62)63(42-55)75-78-66-31-18-20-33-68(66)80(75)72-59(46(5)6)39-53(40-60(72)47(7)8)49-24-13-10-14-25-49;/h9-35,37-41,43-47H,1-8H3;/q-2;+2. The molecule has 14 aromatic rings.